The van der Waals surface area contributed by atoms with Gasteiger partial charge < -0.3 is 5.73 Å². The molecule has 0 bridgehead atoms. The number of hydrogen-bond acceptors (Lipinski definition) is 10. The Morgan fingerprint density at radius 1 is 1.29 bits per heavy atom. The summed E-state index contributed by atoms with van der Waals surface area (Å²) in [5.74, 6) is -0.373. The van der Waals surface area contributed by atoms with Crippen LogP contribution in [0.1, 0.15) is 23.1 Å². The van der Waals surface area contributed by atoms with Crippen LogP contribution in [0.4, 0.5) is 5.82 Å². The SMILES string of the molecule is CC(=NNC(=O)c1nnn(-c2nonc2N)c1-c1cccs1)c1ccccn1. The molecular formula is C16H13N9O2S. The number of amides is 1. The number of hydrogen-bond donors (Lipinski definition) is 2. The summed E-state index contributed by atoms with van der Waals surface area (Å²) in [4.78, 5) is 17.6. The topological polar surface area (TPSA) is 150 Å². The lowest BCUT2D eigenvalue weighted by Crippen LogP contribution is -2.21. The predicted octanol–water partition coefficient (Wildman–Crippen LogP) is 1.51. The maximum Gasteiger partial charge on any atom is 0.294 e. The third kappa shape index (κ3) is 3.23. The minimum atomic E-state index is -0.542. The third-order valence-electron chi connectivity index (χ3n) is 3.70. The molecule has 28 heavy (non-hydrogen) atoms. The summed E-state index contributed by atoms with van der Waals surface area (Å²) in [7, 11) is 0. The van der Waals surface area contributed by atoms with Crippen molar-refractivity contribution in [2.24, 2.45) is 5.10 Å². The summed E-state index contributed by atoms with van der Waals surface area (Å²) in [6, 6.07) is 9.08. The average molecular weight is 395 g/mol. The molecule has 0 spiro atoms. The minimum Gasteiger partial charge on any atom is -0.378 e. The largest absolute Gasteiger partial charge is 0.378 e. The van der Waals surface area contributed by atoms with Gasteiger partial charge in [0.15, 0.2) is 5.69 Å². The first-order valence-corrected chi connectivity index (χ1v) is 8.87. The molecule has 4 aromatic rings. The van der Waals surface area contributed by atoms with Crippen molar-refractivity contribution in [3.05, 3.63) is 53.3 Å². The molecule has 0 saturated carbocycles. The summed E-state index contributed by atoms with van der Waals surface area (Å²) in [6.07, 6.45) is 1.65. The molecule has 3 N–H and O–H groups in total. The summed E-state index contributed by atoms with van der Waals surface area (Å²) in [5, 5.41) is 21.2. The number of nitrogens with two attached hydrogens (primary N) is 1. The second kappa shape index (κ2) is 7.36. The van der Waals surface area contributed by atoms with E-state index >= 15 is 0 Å². The Labute approximate surface area is 161 Å². The molecule has 0 aliphatic carbocycles. The van der Waals surface area contributed by atoms with E-state index in [4.69, 9.17) is 5.73 Å². The van der Waals surface area contributed by atoms with E-state index in [2.05, 4.69) is 40.8 Å². The van der Waals surface area contributed by atoms with Gasteiger partial charge in [-0.25, -0.2) is 10.1 Å². The van der Waals surface area contributed by atoms with Crippen LogP contribution in [0.5, 0.6) is 0 Å². The number of carbonyl (C=O) groups is 1. The standard InChI is InChI=1S/C16H13N9O2S/c1-9(10-5-2-3-7-18-10)19-21-16(26)12-13(11-6-4-8-28-11)25(24-20-12)15-14(17)22-27-23-15/h2-8H,1H3,(H2,17,22)(H,21,26). The Bertz CT molecular complexity index is 1130. The van der Waals surface area contributed by atoms with E-state index in [1.807, 2.05) is 23.6 Å². The van der Waals surface area contributed by atoms with Crippen LogP contribution in [0, 0.1) is 0 Å². The van der Waals surface area contributed by atoms with Gasteiger partial charge in [0.2, 0.25) is 11.6 Å². The predicted molar refractivity (Wildman–Crippen MR) is 101 cm³/mol. The van der Waals surface area contributed by atoms with Gasteiger partial charge in [0.25, 0.3) is 5.91 Å². The molecule has 140 valence electrons. The first-order valence-electron chi connectivity index (χ1n) is 7.99. The molecule has 0 saturated heterocycles. The van der Waals surface area contributed by atoms with E-state index in [-0.39, 0.29) is 17.3 Å². The number of thiophene rings is 1. The molecule has 4 aromatic heterocycles. The number of rotatable bonds is 5. The number of nitrogens with one attached hydrogen (secondary N) is 1. The van der Waals surface area contributed by atoms with Crippen molar-refractivity contribution in [2.45, 2.75) is 6.92 Å². The molecule has 0 radical (unpaired) electrons. The Morgan fingerprint density at radius 3 is 2.86 bits per heavy atom. The van der Waals surface area contributed by atoms with Gasteiger partial charge in [0.1, 0.15) is 5.69 Å². The van der Waals surface area contributed by atoms with Gasteiger partial charge in [-0.3, -0.25) is 9.78 Å². The zero-order valence-electron chi connectivity index (χ0n) is 14.5. The van der Waals surface area contributed by atoms with Gasteiger partial charge in [-0.05, 0) is 40.8 Å². The van der Waals surface area contributed by atoms with Crippen molar-refractivity contribution in [1.82, 2.24) is 35.7 Å². The van der Waals surface area contributed by atoms with Crippen LogP contribution in [0.15, 0.2) is 51.6 Å². The van der Waals surface area contributed by atoms with Crippen LogP contribution < -0.4 is 11.2 Å². The van der Waals surface area contributed by atoms with Crippen molar-refractivity contribution >= 4 is 28.8 Å². The molecule has 12 heteroatoms. The highest BCUT2D eigenvalue weighted by molar-refractivity contribution is 7.13. The zero-order valence-corrected chi connectivity index (χ0v) is 15.3. The fourth-order valence-electron chi connectivity index (χ4n) is 2.38. The maximum atomic E-state index is 12.7. The first-order chi connectivity index (χ1) is 13.6. The Kier molecular flexibility index (Phi) is 4.60. The monoisotopic (exact) mass is 395 g/mol. The molecule has 0 aliphatic heterocycles. The fraction of sp³-hybridized carbons (Fsp3) is 0.0625. The van der Waals surface area contributed by atoms with Crippen LogP contribution >= 0.6 is 11.3 Å². The Hall–Kier alpha value is -3.93. The summed E-state index contributed by atoms with van der Waals surface area (Å²) >= 11 is 1.40. The van der Waals surface area contributed by atoms with Crippen molar-refractivity contribution in [3.8, 4) is 16.4 Å². The highest BCUT2D eigenvalue weighted by Crippen LogP contribution is 2.29. The van der Waals surface area contributed by atoms with E-state index in [1.165, 1.54) is 16.0 Å². The molecule has 4 rings (SSSR count). The Morgan fingerprint density at radius 2 is 2.18 bits per heavy atom. The number of nitrogens with zero attached hydrogens (tertiary/aromatic N) is 7. The van der Waals surface area contributed by atoms with Crippen LogP contribution in [-0.2, 0) is 0 Å². The quantitative estimate of drug-likeness (QED) is 0.381. The van der Waals surface area contributed by atoms with Crippen LogP contribution in [0.2, 0.25) is 0 Å². The lowest BCUT2D eigenvalue weighted by Gasteiger charge is -2.04. The summed E-state index contributed by atoms with van der Waals surface area (Å²) < 4.78 is 5.94. The fourth-order valence-corrected chi connectivity index (χ4v) is 3.13. The molecule has 0 fully saturated rings. The zero-order chi connectivity index (χ0) is 19.5. The minimum absolute atomic E-state index is 0.0266. The number of aromatic nitrogens is 6. The second-order valence-corrected chi connectivity index (χ2v) is 6.45. The smallest absolute Gasteiger partial charge is 0.294 e. The lowest BCUT2D eigenvalue weighted by molar-refractivity contribution is 0.0950. The number of carbonyl (C=O) groups excluding carboxylic acids is 1. The van der Waals surface area contributed by atoms with Gasteiger partial charge in [-0.15, -0.1) is 16.4 Å². The van der Waals surface area contributed by atoms with E-state index in [0.29, 0.717) is 17.1 Å². The van der Waals surface area contributed by atoms with E-state index in [1.54, 1.807) is 25.3 Å². The van der Waals surface area contributed by atoms with Crippen LogP contribution in [0.25, 0.3) is 16.4 Å². The summed E-state index contributed by atoms with van der Waals surface area (Å²) in [5.41, 5.74) is 9.89. The highest BCUT2D eigenvalue weighted by atomic mass is 32.1. The molecule has 11 nitrogen and oxygen atoms in total. The molecule has 0 unspecified atom stereocenters. The molecule has 0 aromatic carbocycles. The molecule has 0 atom stereocenters. The average Bonchev–Trinajstić information content (AvgIpc) is 3.46. The van der Waals surface area contributed by atoms with Crippen molar-refractivity contribution < 1.29 is 9.42 Å². The lowest BCUT2D eigenvalue weighted by atomic mass is 10.2. The third-order valence-corrected chi connectivity index (χ3v) is 4.57. The normalized spacial score (nSPS) is 11.5. The molecule has 1 amide bonds. The van der Waals surface area contributed by atoms with Crippen molar-refractivity contribution in [3.63, 3.8) is 0 Å². The molecular weight excluding hydrogens is 382 g/mol. The molecule has 4 heterocycles. The van der Waals surface area contributed by atoms with E-state index < -0.39 is 5.91 Å². The molecule has 0 aliphatic rings. The summed E-state index contributed by atoms with van der Waals surface area (Å²) in [6.45, 7) is 1.74. The number of anilines is 1. The van der Waals surface area contributed by atoms with Gasteiger partial charge in [-0.1, -0.05) is 17.3 Å². The maximum absolute atomic E-state index is 12.7. The Balaban J connectivity index is 1.69. The number of hydrazone groups is 1. The van der Waals surface area contributed by atoms with Gasteiger partial charge in [0, 0.05) is 6.20 Å². The first kappa shape index (κ1) is 17.5. The number of nitrogen functional groups attached to an aromatic ring is 1. The van der Waals surface area contributed by atoms with Crippen molar-refractivity contribution in [1.29, 1.82) is 0 Å². The van der Waals surface area contributed by atoms with Crippen molar-refractivity contribution in [2.75, 3.05) is 5.73 Å². The van der Waals surface area contributed by atoms with Gasteiger partial charge in [-0.2, -0.15) is 9.78 Å². The van der Waals surface area contributed by atoms with E-state index in [0.717, 1.165) is 4.88 Å². The number of pyridine rings is 1. The second-order valence-electron chi connectivity index (χ2n) is 5.50. The van der Waals surface area contributed by atoms with E-state index in [9.17, 15) is 4.79 Å². The van der Waals surface area contributed by atoms with Gasteiger partial charge in [0.05, 0.1) is 16.3 Å². The van der Waals surface area contributed by atoms with Crippen LogP contribution in [-0.4, -0.2) is 41.9 Å². The highest BCUT2D eigenvalue weighted by Gasteiger charge is 2.25. The van der Waals surface area contributed by atoms with Crippen LogP contribution in [0.3, 0.4) is 0 Å². The van der Waals surface area contributed by atoms with Gasteiger partial charge >= 0.3 is 0 Å².